The minimum absolute atomic E-state index is 0.0161. The molecule has 1 aromatic heterocycles. The minimum atomic E-state index is -3.49. The van der Waals surface area contributed by atoms with Crippen molar-refractivity contribution in [2.24, 2.45) is 0 Å². The monoisotopic (exact) mass is 365 g/mol. The number of benzene rings is 2. The van der Waals surface area contributed by atoms with E-state index in [1.54, 1.807) is 0 Å². The number of aromatic nitrogens is 3. The third kappa shape index (κ3) is 3.58. The van der Waals surface area contributed by atoms with Gasteiger partial charge in [0.05, 0.1) is 10.5 Å². The van der Waals surface area contributed by atoms with E-state index in [1.165, 1.54) is 24.3 Å². The first-order chi connectivity index (χ1) is 11.7. The molecule has 0 spiro atoms. The van der Waals surface area contributed by atoms with Crippen molar-refractivity contribution in [2.45, 2.75) is 4.90 Å². The molecule has 2 aromatic carbocycles. The molecule has 0 aliphatic rings. The van der Waals surface area contributed by atoms with Crippen LogP contribution in [0, 0.1) is 11.6 Å². The van der Waals surface area contributed by atoms with Crippen LogP contribution in [0.15, 0.2) is 41.3 Å². The molecule has 130 valence electrons. The summed E-state index contributed by atoms with van der Waals surface area (Å²) < 4.78 is 52.1. The zero-order valence-electron chi connectivity index (χ0n) is 12.9. The molecule has 0 aliphatic carbocycles. The smallest absolute Gasteiger partial charge is 0.241 e. The molecule has 0 fully saturated rings. The van der Waals surface area contributed by atoms with Crippen LogP contribution in [0.5, 0.6) is 0 Å². The number of rotatable bonds is 4. The second-order valence-corrected chi connectivity index (χ2v) is 7.30. The van der Waals surface area contributed by atoms with Gasteiger partial charge < -0.3 is 11.1 Å². The predicted octanol–water partition coefficient (Wildman–Crippen LogP) is 2.48. The first-order valence-corrected chi connectivity index (χ1v) is 8.87. The Balaban J connectivity index is 2.01. The van der Waals surface area contributed by atoms with Gasteiger partial charge in [-0.25, -0.2) is 22.3 Å². The van der Waals surface area contributed by atoms with Crippen LogP contribution >= 0.6 is 0 Å². The summed E-state index contributed by atoms with van der Waals surface area (Å²) in [5.74, 6) is -1.61. The lowest BCUT2D eigenvalue weighted by Gasteiger charge is -2.10. The van der Waals surface area contributed by atoms with Crippen LogP contribution in [0.2, 0.25) is 0 Å². The highest BCUT2D eigenvalue weighted by molar-refractivity contribution is 7.90. The third-order valence-electron chi connectivity index (χ3n) is 3.36. The molecule has 0 aliphatic heterocycles. The molecule has 25 heavy (non-hydrogen) atoms. The van der Waals surface area contributed by atoms with Gasteiger partial charge in [-0.3, -0.25) is 0 Å². The van der Waals surface area contributed by atoms with E-state index in [4.69, 9.17) is 5.73 Å². The molecule has 10 heteroatoms. The number of sulfone groups is 1. The van der Waals surface area contributed by atoms with E-state index in [9.17, 15) is 17.2 Å². The molecule has 0 bridgehead atoms. The van der Waals surface area contributed by atoms with E-state index in [1.807, 2.05) is 0 Å². The Morgan fingerprint density at radius 3 is 2.40 bits per heavy atom. The summed E-state index contributed by atoms with van der Waals surface area (Å²) in [4.78, 5) is 3.75. The van der Waals surface area contributed by atoms with Gasteiger partial charge in [0, 0.05) is 11.9 Å². The molecule has 0 unspecified atom stereocenters. The van der Waals surface area contributed by atoms with Crippen LogP contribution < -0.4 is 11.1 Å². The van der Waals surface area contributed by atoms with Gasteiger partial charge in [-0.2, -0.15) is 4.98 Å². The first kappa shape index (κ1) is 16.8. The van der Waals surface area contributed by atoms with Gasteiger partial charge >= 0.3 is 0 Å². The van der Waals surface area contributed by atoms with E-state index in [0.29, 0.717) is 0 Å². The van der Waals surface area contributed by atoms with Gasteiger partial charge in [0.1, 0.15) is 11.6 Å². The van der Waals surface area contributed by atoms with E-state index in [2.05, 4.69) is 20.5 Å². The summed E-state index contributed by atoms with van der Waals surface area (Å²) in [6.07, 6.45) is 1.02. The molecular formula is C15H13F2N5O2S. The molecular weight excluding hydrogens is 352 g/mol. The topological polar surface area (TPSA) is 114 Å². The summed E-state index contributed by atoms with van der Waals surface area (Å²) in [5, 5.41) is 8.68. The molecule has 0 amide bonds. The Labute approximate surface area is 141 Å². The second-order valence-electron chi connectivity index (χ2n) is 5.28. The number of hydrogen-bond donors (Lipinski definition) is 3. The van der Waals surface area contributed by atoms with E-state index >= 15 is 0 Å². The fraction of sp³-hybridized carbons (Fsp3) is 0.0667. The van der Waals surface area contributed by atoms with Gasteiger partial charge in [-0.1, -0.05) is 12.1 Å². The molecule has 0 radical (unpaired) electrons. The number of nitrogens with two attached hydrogens (primary N) is 1. The number of aromatic amines is 1. The third-order valence-corrected chi connectivity index (χ3v) is 4.47. The quantitative estimate of drug-likeness (QED) is 0.654. The largest absolute Gasteiger partial charge is 0.366 e. The van der Waals surface area contributed by atoms with Crippen LogP contribution in [-0.2, 0) is 9.84 Å². The molecule has 3 aromatic rings. The Morgan fingerprint density at radius 1 is 1.16 bits per heavy atom. The molecule has 0 saturated heterocycles. The lowest BCUT2D eigenvalue weighted by Crippen LogP contribution is -2.00. The average Bonchev–Trinajstić information content (AvgIpc) is 2.91. The summed E-state index contributed by atoms with van der Waals surface area (Å²) in [5.41, 5.74) is 5.24. The lowest BCUT2D eigenvalue weighted by molar-refractivity contribution is 0.590. The van der Waals surface area contributed by atoms with Crippen LogP contribution in [0.4, 0.5) is 26.4 Å². The van der Waals surface area contributed by atoms with Gasteiger partial charge in [-0.15, -0.1) is 5.10 Å². The highest BCUT2D eigenvalue weighted by Gasteiger charge is 2.16. The number of nitrogens with one attached hydrogen (secondary N) is 2. The molecule has 7 nitrogen and oxygen atoms in total. The van der Waals surface area contributed by atoms with Crippen molar-refractivity contribution in [1.29, 1.82) is 0 Å². The Kier molecular flexibility index (Phi) is 4.13. The first-order valence-electron chi connectivity index (χ1n) is 6.98. The van der Waals surface area contributed by atoms with Crippen molar-refractivity contribution in [3.63, 3.8) is 0 Å². The predicted molar refractivity (Wildman–Crippen MR) is 89.0 cm³/mol. The Morgan fingerprint density at radius 2 is 1.84 bits per heavy atom. The average molecular weight is 365 g/mol. The van der Waals surface area contributed by atoms with E-state index < -0.39 is 21.5 Å². The van der Waals surface area contributed by atoms with Crippen LogP contribution in [0.3, 0.4) is 0 Å². The van der Waals surface area contributed by atoms with Gasteiger partial charge in [0.25, 0.3) is 0 Å². The summed E-state index contributed by atoms with van der Waals surface area (Å²) >= 11 is 0. The molecule has 0 saturated carbocycles. The number of hydrogen-bond acceptors (Lipinski definition) is 6. The van der Waals surface area contributed by atoms with Gasteiger partial charge in [-0.05, 0) is 29.8 Å². The lowest BCUT2D eigenvalue weighted by atomic mass is 10.0. The number of anilines is 3. The van der Waals surface area contributed by atoms with Crippen molar-refractivity contribution in [1.82, 2.24) is 15.2 Å². The van der Waals surface area contributed by atoms with Crippen molar-refractivity contribution in [3.8, 4) is 11.1 Å². The maximum Gasteiger partial charge on any atom is 0.241 e. The van der Waals surface area contributed by atoms with Gasteiger partial charge in [0.15, 0.2) is 9.84 Å². The standard InChI is InChI=1S/C15H13F2N5O2S/c1-25(23,24)10-4-2-3-8(5-10)13-11(16)6-9(7-12(13)17)19-15-20-14(18)21-22-15/h2-7H,1H3,(H4,18,19,20,21,22). The van der Waals surface area contributed by atoms with Crippen LogP contribution in [0.25, 0.3) is 11.1 Å². The number of nitrogens with zero attached hydrogens (tertiary/aromatic N) is 2. The van der Waals surface area contributed by atoms with Crippen molar-refractivity contribution in [2.75, 3.05) is 17.3 Å². The fourth-order valence-corrected chi connectivity index (χ4v) is 2.94. The SMILES string of the molecule is CS(=O)(=O)c1cccc(-c2c(F)cc(Nc3nc(N)n[nH]3)cc2F)c1. The number of halogens is 2. The maximum absolute atomic E-state index is 14.4. The van der Waals surface area contributed by atoms with Crippen molar-refractivity contribution >= 4 is 27.4 Å². The zero-order valence-corrected chi connectivity index (χ0v) is 13.7. The molecule has 3 rings (SSSR count). The maximum atomic E-state index is 14.4. The zero-order chi connectivity index (χ0) is 18.2. The fourth-order valence-electron chi connectivity index (χ4n) is 2.27. The van der Waals surface area contributed by atoms with Gasteiger partial charge in [0.2, 0.25) is 11.9 Å². The summed E-state index contributed by atoms with van der Waals surface area (Å²) in [6, 6.07) is 7.56. The second kappa shape index (κ2) is 6.13. The molecule has 1 heterocycles. The number of nitrogen functional groups attached to an aromatic ring is 1. The normalized spacial score (nSPS) is 11.5. The minimum Gasteiger partial charge on any atom is -0.366 e. The van der Waals surface area contributed by atoms with Crippen LogP contribution in [-0.4, -0.2) is 29.9 Å². The number of H-pyrrole nitrogens is 1. The Bertz CT molecular complexity index is 1030. The summed E-state index contributed by atoms with van der Waals surface area (Å²) in [6.45, 7) is 0. The molecule has 4 N–H and O–H groups in total. The van der Waals surface area contributed by atoms with E-state index in [-0.39, 0.29) is 33.6 Å². The summed E-state index contributed by atoms with van der Waals surface area (Å²) in [7, 11) is -3.49. The van der Waals surface area contributed by atoms with Crippen molar-refractivity contribution in [3.05, 3.63) is 48.0 Å². The van der Waals surface area contributed by atoms with Crippen LogP contribution in [0.1, 0.15) is 0 Å². The highest BCUT2D eigenvalue weighted by Crippen LogP contribution is 2.31. The molecule has 0 atom stereocenters. The highest BCUT2D eigenvalue weighted by atomic mass is 32.2. The Hall–Kier alpha value is -3.01. The van der Waals surface area contributed by atoms with Crippen molar-refractivity contribution < 1.29 is 17.2 Å². The van der Waals surface area contributed by atoms with E-state index in [0.717, 1.165) is 18.4 Å².